The number of allylic oxidation sites excluding steroid dienone is 4. The van der Waals surface area contributed by atoms with E-state index in [0.29, 0.717) is 19.3 Å². The van der Waals surface area contributed by atoms with Gasteiger partial charge in [0, 0.05) is 24.0 Å². The number of carbonyl (C=O) groups is 1. The molecule has 0 radical (unpaired) electrons. The van der Waals surface area contributed by atoms with E-state index in [1.807, 2.05) is 12.2 Å². The van der Waals surface area contributed by atoms with Gasteiger partial charge in [-0.25, -0.2) is 0 Å². The van der Waals surface area contributed by atoms with Crippen molar-refractivity contribution in [3.63, 3.8) is 0 Å². The Hall–Kier alpha value is -1.14. The fourth-order valence-corrected chi connectivity index (χ4v) is 4.73. The zero-order valence-corrected chi connectivity index (χ0v) is 21.2. The smallest absolute Gasteiger partial charge is 0.223 e. The van der Waals surface area contributed by atoms with Gasteiger partial charge in [-0.05, 0) is 62.5 Å². The van der Waals surface area contributed by atoms with Crippen molar-refractivity contribution in [3.8, 4) is 0 Å². The molecule has 2 rings (SSSR count). The first-order valence-corrected chi connectivity index (χ1v) is 12.4. The summed E-state index contributed by atoms with van der Waals surface area (Å²) in [6.45, 7) is 13.4. The molecule has 1 saturated carbocycles. The lowest BCUT2D eigenvalue weighted by atomic mass is 9.62. The third-order valence-electron chi connectivity index (χ3n) is 7.50. The Balaban J connectivity index is 1.91. The molecule has 0 aromatic carbocycles. The minimum Gasteiger partial charge on any atom is -0.393 e. The molecule has 2 fully saturated rings. The summed E-state index contributed by atoms with van der Waals surface area (Å²) >= 11 is 6.14. The second kappa shape index (κ2) is 11.8. The number of hydrogen-bond donors (Lipinski definition) is 3. The Kier molecular flexibility index (Phi) is 10.0. The van der Waals surface area contributed by atoms with E-state index in [0.717, 1.165) is 37.5 Å². The molecule has 0 spiro atoms. The van der Waals surface area contributed by atoms with Crippen LogP contribution in [0.5, 0.6) is 0 Å². The normalized spacial score (nSPS) is 31.3. The molecule has 0 aromatic heterocycles. The van der Waals surface area contributed by atoms with Crippen LogP contribution in [-0.4, -0.2) is 58.9 Å². The van der Waals surface area contributed by atoms with Crippen molar-refractivity contribution in [1.29, 1.82) is 0 Å². The average molecular weight is 467 g/mol. The summed E-state index contributed by atoms with van der Waals surface area (Å²) in [5.41, 5.74) is 0.194. The summed E-state index contributed by atoms with van der Waals surface area (Å²) in [5, 5.41) is 23.6. The lowest BCUT2D eigenvalue weighted by Gasteiger charge is -2.50. The molecule has 1 saturated heterocycles. The highest BCUT2D eigenvalue weighted by Gasteiger charge is 2.43. The van der Waals surface area contributed by atoms with Crippen LogP contribution in [0.2, 0.25) is 0 Å². The maximum Gasteiger partial charge on any atom is 0.223 e. The van der Waals surface area contributed by atoms with Crippen molar-refractivity contribution < 1.29 is 15.0 Å². The standard InChI is InChI=1S/C26H43ClN2O3/c1-6-21(27)9-7-13-26(5)14-16-29(18-25(26,3)4)15-8-10-23(19(2)30)28-24(32)20-11-12-22(31)17-20/h7-10,13,19-20,22-23,30-31H,6,11-12,14-18H2,1-5H3,(H,28,32)/b10-8+,13-7+,21-9+/t19?,20-,22+,23+,26-/m1/s1. The van der Waals surface area contributed by atoms with E-state index in [2.05, 4.69) is 56.1 Å². The second-order valence-corrected chi connectivity index (χ2v) is 11.0. The van der Waals surface area contributed by atoms with Gasteiger partial charge in [0.15, 0.2) is 0 Å². The van der Waals surface area contributed by atoms with Crippen molar-refractivity contribution in [2.45, 2.75) is 85.0 Å². The number of rotatable bonds is 9. The molecule has 0 bridgehead atoms. The molecule has 1 aliphatic carbocycles. The zero-order chi connectivity index (χ0) is 23.9. The van der Waals surface area contributed by atoms with Gasteiger partial charge in [0.05, 0.1) is 18.2 Å². The average Bonchev–Trinajstić information content (AvgIpc) is 3.16. The van der Waals surface area contributed by atoms with E-state index in [1.165, 1.54) is 0 Å². The van der Waals surface area contributed by atoms with E-state index >= 15 is 0 Å². The van der Waals surface area contributed by atoms with E-state index in [9.17, 15) is 15.0 Å². The molecule has 1 unspecified atom stereocenters. The van der Waals surface area contributed by atoms with E-state index in [1.54, 1.807) is 6.92 Å². The van der Waals surface area contributed by atoms with Crippen molar-refractivity contribution in [3.05, 3.63) is 35.4 Å². The minimum absolute atomic E-state index is 0.0732. The SMILES string of the molecule is CC/C(Cl)=C\C=C\[C@]1(C)CCN(C/C=C/[C@H](NC(=O)[C@@H]2CC[C@H](O)C2)C(C)O)CC1(C)C. The Morgan fingerprint density at radius 3 is 2.59 bits per heavy atom. The number of nitrogens with zero attached hydrogens (tertiary/aromatic N) is 1. The van der Waals surface area contributed by atoms with Crippen LogP contribution < -0.4 is 5.32 Å². The molecule has 3 N–H and O–H groups in total. The Labute approximate surface area is 199 Å². The molecule has 5 nitrogen and oxygen atoms in total. The lowest BCUT2D eigenvalue weighted by Crippen LogP contribution is -2.50. The lowest BCUT2D eigenvalue weighted by molar-refractivity contribution is -0.126. The summed E-state index contributed by atoms with van der Waals surface area (Å²) in [7, 11) is 0. The third-order valence-corrected chi connectivity index (χ3v) is 7.90. The first-order valence-electron chi connectivity index (χ1n) is 12.1. The summed E-state index contributed by atoms with van der Waals surface area (Å²) in [5.74, 6) is -0.230. The number of amides is 1. The zero-order valence-electron chi connectivity index (χ0n) is 20.5. The summed E-state index contributed by atoms with van der Waals surface area (Å²) in [6, 6.07) is -0.415. The summed E-state index contributed by atoms with van der Waals surface area (Å²) in [6.07, 6.45) is 13.1. The third kappa shape index (κ3) is 7.44. The fourth-order valence-electron chi connectivity index (χ4n) is 4.66. The number of aliphatic hydroxyl groups excluding tert-OH is 2. The first-order chi connectivity index (χ1) is 15.0. The molecule has 5 atom stereocenters. The maximum atomic E-state index is 12.5. The van der Waals surface area contributed by atoms with E-state index in [-0.39, 0.29) is 28.8 Å². The monoisotopic (exact) mass is 466 g/mol. The van der Waals surface area contributed by atoms with Crippen molar-refractivity contribution in [2.24, 2.45) is 16.7 Å². The molecule has 2 aliphatic rings. The number of hydrogen-bond acceptors (Lipinski definition) is 4. The van der Waals surface area contributed by atoms with Crippen LogP contribution in [0.25, 0.3) is 0 Å². The van der Waals surface area contributed by atoms with Crippen LogP contribution in [0.15, 0.2) is 35.4 Å². The van der Waals surface area contributed by atoms with Gasteiger partial charge in [-0.3, -0.25) is 9.69 Å². The Bertz CT molecular complexity index is 716. The van der Waals surface area contributed by atoms with Gasteiger partial charge in [0.25, 0.3) is 0 Å². The molecular formula is C26H43ClN2O3. The summed E-state index contributed by atoms with van der Waals surface area (Å²) in [4.78, 5) is 14.9. The van der Waals surface area contributed by atoms with Crippen molar-refractivity contribution in [1.82, 2.24) is 10.2 Å². The molecule has 6 heteroatoms. The van der Waals surface area contributed by atoms with Gasteiger partial charge >= 0.3 is 0 Å². The molecule has 182 valence electrons. The second-order valence-electron chi connectivity index (χ2n) is 10.5. The van der Waals surface area contributed by atoms with Gasteiger partial charge in [-0.1, -0.05) is 63.6 Å². The van der Waals surface area contributed by atoms with E-state index < -0.39 is 12.1 Å². The minimum atomic E-state index is -0.671. The molecular weight excluding hydrogens is 424 g/mol. The van der Waals surface area contributed by atoms with E-state index in [4.69, 9.17) is 11.6 Å². The van der Waals surface area contributed by atoms with Gasteiger partial charge in [0.2, 0.25) is 5.91 Å². The fraction of sp³-hybridized carbons (Fsp3) is 0.731. The van der Waals surface area contributed by atoms with Crippen LogP contribution >= 0.6 is 11.6 Å². The number of piperidine rings is 1. The highest BCUT2D eigenvalue weighted by atomic mass is 35.5. The first kappa shape index (κ1) is 27.1. The Morgan fingerprint density at radius 1 is 1.31 bits per heavy atom. The predicted octanol–water partition coefficient (Wildman–Crippen LogP) is 4.40. The van der Waals surface area contributed by atoms with Gasteiger partial charge in [-0.2, -0.15) is 0 Å². The molecule has 1 aliphatic heterocycles. The number of likely N-dealkylation sites (tertiary alicyclic amines) is 1. The van der Waals surface area contributed by atoms with Crippen LogP contribution in [0.4, 0.5) is 0 Å². The van der Waals surface area contributed by atoms with Crippen LogP contribution in [0.1, 0.15) is 66.7 Å². The van der Waals surface area contributed by atoms with Gasteiger partial charge in [-0.15, -0.1) is 0 Å². The maximum absolute atomic E-state index is 12.5. The molecule has 0 aromatic rings. The molecule has 1 amide bonds. The topological polar surface area (TPSA) is 72.8 Å². The quantitative estimate of drug-likeness (QED) is 0.348. The van der Waals surface area contributed by atoms with Crippen molar-refractivity contribution >= 4 is 17.5 Å². The number of aliphatic hydroxyl groups is 2. The summed E-state index contributed by atoms with van der Waals surface area (Å²) < 4.78 is 0. The largest absolute Gasteiger partial charge is 0.393 e. The van der Waals surface area contributed by atoms with Gasteiger partial charge in [0.1, 0.15) is 0 Å². The van der Waals surface area contributed by atoms with Crippen LogP contribution in [-0.2, 0) is 4.79 Å². The Morgan fingerprint density at radius 2 is 2.03 bits per heavy atom. The predicted molar refractivity (Wildman–Crippen MR) is 132 cm³/mol. The van der Waals surface area contributed by atoms with Crippen molar-refractivity contribution in [2.75, 3.05) is 19.6 Å². The molecule has 1 heterocycles. The van der Waals surface area contributed by atoms with Gasteiger partial charge < -0.3 is 15.5 Å². The number of nitrogens with one attached hydrogen (secondary N) is 1. The van der Waals surface area contributed by atoms with Crippen LogP contribution in [0, 0.1) is 16.7 Å². The highest BCUT2D eigenvalue weighted by molar-refractivity contribution is 6.29. The number of carbonyl (C=O) groups excluding carboxylic acids is 1. The molecule has 32 heavy (non-hydrogen) atoms. The number of halogens is 1. The van der Waals surface area contributed by atoms with Crippen LogP contribution in [0.3, 0.4) is 0 Å². The highest BCUT2D eigenvalue weighted by Crippen LogP contribution is 2.46.